The van der Waals surface area contributed by atoms with Gasteiger partial charge in [0.25, 0.3) is 0 Å². The maximum Gasteiger partial charge on any atom is 0.0302 e. The zero-order valence-corrected chi connectivity index (χ0v) is 14.5. The molecule has 0 amide bonds. The third-order valence-electron chi connectivity index (χ3n) is 4.86. The van der Waals surface area contributed by atoms with E-state index >= 15 is 0 Å². The van der Waals surface area contributed by atoms with Crippen LogP contribution in [0.5, 0.6) is 0 Å². The Kier molecular flexibility index (Phi) is 4.99. The smallest absolute Gasteiger partial charge is 0.0302 e. The van der Waals surface area contributed by atoms with E-state index in [1.807, 2.05) is 11.3 Å². The number of rotatable bonds is 6. The zero-order chi connectivity index (χ0) is 14.8. The molecule has 118 valence electrons. The van der Waals surface area contributed by atoms with E-state index in [9.17, 15) is 0 Å². The second-order valence-electron chi connectivity index (χ2n) is 6.66. The molecule has 2 heterocycles. The summed E-state index contributed by atoms with van der Waals surface area (Å²) in [6.07, 6.45) is 2.74. The summed E-state index contributed by atoms with van der Waals surface area (Å²) >= 11 is 1.98. The Bertz CT molecular complexity index is 467. The largest absolute Gasteiger partial charge is 0.309 e. The molecule has 1 unspecified atom stereocenters. The maximum absolute atomic E-state index is 3.63. The van der Waals surface area contributed by atoms with Gasteiger partial charge in [0.15, 0.2) is 0 Å². The molecule has 1 saturated carbocycles. The van der Waals surface area contributed by atoms with Gasteiger partial charge in [-0.1, -0.05) is 6.92 Å². The molecule has 1 aromatic heterocycles. The van der Waals surface area contributed by atoms with Crippen molar-refractivity contribution in [1.29, 1.82) is 0 Å². The van der Waals surface area contributed by atoms with Crippen molar-refractivity contribution < 1.29 is 0 Å². The first-order valence-electron chi connectivity index (χ1n) is 8.43. The van der Waals surface area contributed by atoms with Crippen LogP contribution >= 0.6 is 11.3 Å². The van der Waals surface area contributed by atoms with Gasteiger partial charge in [0.05, 0.1) is 0 Å². The van der Waals surface area contributed by atoms with Gasteiger partial charge in [0.2, 0.25) is 0 Å². The molecule has 1 atom stereocenters. The summed E-state index contributed by atoms with van der Waals surface area (Å²) in [4.78, 5) is 8.23. The van der Waals surface area contributed by atoms with Gasteiger partial charge in [0.1, 0.15) is 0 Å². The van der Waals surface area contributed by atoms with E-state index in [1.165, 1.54) is 48.8 Å². The molecule has 3 nitrogen and oxygen atoms in total. The van der Waals surface area contributed by atoms with Gasteiger partial charge in [-0.15, -0.1) is 11.3 Å². The number of nitrogens with zero attached hydrogens (tertiary/aromatic N) is 2. The van der Waals surface area contributed by atoms with Crippen molar-refractivity contribution in [3.8, 4) is 0 Å². The van der Waals surface area contributed by atoms with E-state index < -0.39 is 0 Å². The fraction of sp³-hybridized carbons (Fsp3) is 0.765. The normalized spacial score (nSPS) is 24.6. The molecule has 0 bridgehead atoms. The van der Waals surface area contributed by atoms with Gasteiger partial charge in [-0.25, -0.2) is 0 Å². The maximum atomic E-state index is 3.63. The predicted molar refractivity (Wildman–Crippen MR) is 90.9 cm³/mol. The summed E-state index contributed by atoms with van der Waals surface area (Å²) in [5, 5.41) is 3.63. The molecule has 0 spiro atoms. The third-order valence-corrected chi connectivity index (χ3v) is 5.96. The van der Waals surface area contributed by atoms with E-state index in [1.54, 1.807) is 5.56 Å². The highest BCUT2D eigenvalue weighted by Gasteiger charge is 2.23. The van der Waals surface area contributed by atoms with E-state index in [0.717, 1.165) is 19.1 Å². The number of hydrogen-bond acceptors (Lipinski definition) is 4. The molecule has 3 rings (SSSR count). The topological polar surface area (TPSA) is 18.5 Å². The van der Waals surface area contributed by atoms with E-state index in [4.69, 9.17) is 0 Å². The summed E-state index contributed by atoms with van der Waals surface area (Å²) in [7, 11) is 0. The van der Waals surface area contributed by atoms with Crippen LogP contribution in [-0.2, 0) is 13.1 Å². The molecule has 1 aliphatic heterocycles. The van der Waals surface area contributed by atoms with Crippen molar-refractivity contribution >= 4 is 11.3 Å². The monoisotopic (exact) mass is 307 g/mol. The van der Waals surface area contributed by atoms with Crippen LogP contribution in [0.3, 0.4) is 0 Å². The van der Waals surface area contributed by atoms with Crippen molar-refractivity contribution in [2.24, 2.45) is 0 Å². The van der Waals surface area contributed by atoms with Gasteiger partial charge in [-0.05, 0) is 44.9 Å². The SMILES string of the molecule is CCN1CCN(Cc2cc(CNC3CC3)sc2C)CC1C. The molecule has 4 heteroatoms. The van der Waals surface area contributed by atoms with Gasteiger partial charge >= 0.3 is 0 Å². The molecule has 1 aromatic rings. The van der Waals surface area contributed by atoms with Crippen molar-refractivity contribution in [2.75, 3.05) is 26.2 Å². The fourth-order valence-electron chi connectivity index (χ4n) is 3.29. The lowest BCUT2D eigenvalue weighted by molar-refractivity contribution is 0.0834. The summed E-state index contributed by atoms with van der Waals surface area (Å²) in [5.74, 6) is 0. The predicted octanol–water partition coefficient (Wildman–Crippen LogP) is 2.83. The summed E-state index contributed by atoms with van der Waals surface area (Å²) in [6, 6.07) is 3.93. The van der Waals surface area contributed by atoms with Crippen molar-refractivity contribution in [2.45, 2.75) is 58.8 Å². The number of likely N-dealkylation sites (N-methyl/N-ethyl adjacent to an activating group) is 1. The molecule has 1 aliphatic carbocycles. The molecular formula is C17H29N3S. The van der Waals surface area contributed by atoms with E-state index in [0.29, 0.717) is 6.04 Å². The minimum atomic E-state index is 0.693. The minimum Gasteiger partial charge on any atom is -0.309 e. The standard InChI is InChI=1S/C17H29N3S/c1-4-20-8-7-19(11-13(20)2)12-15-9-17(21-14(15)3)10-18-16-5-6-16/h9,13,16,18H,4-8,10-12H2,1-3H3. The summed E-state index contributed by atoms with van der Waals surface area (Å²) in [6.45, 7) is 13.9. The molecule has 1 saturated heterocycles. The Morgan fingerprint density at radius 3 is 2.81 bits per heavy atom. The van der Waals surface area contributed by atoms with Crippen LogP contribution < -0.4 is 5.32 Å². The van der Waals surface area contributed by atoms with Crippen molar-refractivity contribution in [3.05, 3.63) is 21.4 Å². The first kappa shape index (κ1) is 15.5. The Morgan fingerprint density at radius 2 is 2.14 bits per heavy atom. The van der Waals surface area contributed by atoms with Crippen LogP contribution in [0.4, 0.5) is 0 Å². The molecule has 0 radical (unpaired) electrons. The molecule has 2 aliphatic rings. The molecule has 21 heavy (non-hydrogen) atoms. The highest BCUT2D eigenvalue weighted by atomic mass is 32.1. The Balaban J connectivity index is 1.54. The number of aryl methyl sites for hydroxylation is 1. The summed E-state index contributed by atoms with van der Waals surface area (Å²) in [5.41, 5.74) is 1.55. The first-order chi connectivity index (χ1) is 10.2. The van der Waals surface area contributed by atoms with Gasteiger partial charge < -0.3 is 5.32 Å². The third kappa shape index (κ3) is 4.07. The Hall–Kier alpha value is -0.420. The lowest BCUT2D eigenvalue weighted by Gasteiger charge is -2.39. The minimum absolute atomic E-state index is 0.693. The van der Waals surface area contributed by atoms with E-state index in [-0.39, 0.29) is 0 Å². The number of thiophene rings is 1. The zero-order valence-electron chi connectivity index (χ0n) is 13.7. The average Bonchev–Trinajstić information content (AvgIpc) is 3.22. The number of hydrogen-bond donors (Lipinski definition) is 1. The summed E-state index contributed by atoms with van der Waals surface area (Å²) < 4.78 is 0. The molecule has 2 fully saturated rings. The lowest BCUT2D eigenvalue weighted by Crippen LogP contribution is -2.51. The van der Waals surface area contributed by atoms with Gasteiger partial charge in [-0.2, -0.15) is 0 Å². The lowest BCUT2D eigenvalue weighted by atomic mass is 10.1. The second kappa shape index (κ2) is 6.78. The first-order valence-corrected chi connectivity index (χ1v) is 9.25. The van der Waals surface area contributed by atoms with Crippen LogP contribution in [-0.4, -0.2) is 48.1 Å². The van der Waals surface area contributed by atoms with Crippen LogP contribution in [0.1, 0.15) is 42.0 Å². The quantitative estimate of drug-likeness (QED) is 0.872. The Morgan fingerprint density at radius 1 is 1.33 bits per heavy atom. The molecule has 0 aromatic carbocycles. The van der Waals surface area contributed by atoms with E-state index in [2.05, 4.69) is 42.0 Å². The number of nitrogens with one attached hydrogen (secondary N) is 1. The number of piperazine rings is 1. The highest BCUT2D eigenvalue weighted by Crippen LogP contribution is 2.25. The second-order valence-corrected chi connectivity index (χ2v) is 8.00. The fourth-order valence-corrected chi connectivity index (χ4v) is 4.29. The highest BCUT2D eigenvalue weighted by molar-refractivity contribution is 7.12. The molecular weight excluding hydrogens is 278 g/mol. The van der Waals surface area contributed by atoms with Crippen molar-refractivity contribution in [1.82, 2.24) is 15.1 Å². The van der Waals surface area contributed by atoms with Crippen LogP contribution in [0.2, 0.25) is 0 Å². The van der Waals surface area contributed by atoms with Crippen LogP contribution in [0, 0.1) is 6.92 Å². The van der Waals surface area contributed by atoms with Gasteiger partial charge in [0, 0.05) is 54.6 Å². The van der Waals surface area contributed by atoms with Crippen LogP contribution in [0.15, 0.2) is 6.07 Å². The van der Waals surface area contributed by atoms with Gasteiger partial charge in [-0.3, -0.25) is 9.80 Å². The Labute approximate surface area is 133 Å². The van der Waals surface area contributed by atoms with Crippen LogP contribution in [0.25, 0.3) is 0 Å². The average molecular weight is 308 g/mol. The molecule has 1 N–H and O–H groups in total. The van der Waals surface area contributed by atoms with Crippen molar-refractivity contribution in [3.63, 3.8) is 0 Å².